The van der Waals surface area contributed by atoms with Gasteiger partial charge in [-0.05, 0) is 44.6 Å². The molecule has 0 spiro atoms. The topological polar surface area (TPSA) is 147 Å². The van der Waals surface area contributed by atoms with E-state index in [1.807, 2.05) is 34.9 Å². The van der Waals surface area contributed by atoms with Crippen LogP contribution in [0, 0.1) is 5.92 Å². The molecule has 3 N–H and O–H groups in total. The molecule has 210 valence electrons. The van der Waals surface area contributed by atoms with Crippen LogP contribution < -0.4 is 15.6 Å². The van der Waals surface area contributed by atoms with E-state index in [9.17, 15) is 9.36 Å². The smallest absolute Gasteiger partial charge is 0.323 e. The fraction of sp³-hybridized carbons (Fsp3) is 0.538. The Kier molecular flexibility index (Phi) is 8.18. The van der Waals surface area contributed by atoms with Gasteiger partial charge in [-0.1, -0.05) is 30.3 Å². The molecular formula is C26H36N7O5P. The minimum Gasteiger partial charge on any atom is -0.479 e. The molecule has 3 aromatic rings. The number of nitrogens with zero attached hydrogens (tertiary/aromatic N) is 5. The van der Waals surface area contributed by atoms with E-state index in [1.165, 1.54) is 7.11 Å². The zero-order valence-corrected chi connectivity index (χ0v) is 23.4. The van der Waals surface area contributed by atoms with E-state index >= 15 is 0 Å². The monoisotopic (exact) mass is 557 g/mol. The lowest BCUT2D eigenvalue weighted by atomic mass is 9.76. The third-order valence-electron chi connectivity index (χ3n) is 7.49. The minimum absolute atomic E-state index is 0.0477. The molecule has 3 fully saturated rings. The number of methoxy groups -OCH3 is 1. The van der Waals surface area contributed by atoms with Gasteiger partial charge in [0, 0.05) is 12.6 Å². The van der Waals surface area contributed by atoms with Crippen molar-refractivity contribution in [2.45, 2.75) is 57.8 Å². The first kappa shape index (κ1) is 27.5. The Balaban J connectivity index is 1.40. The van der Waals surface area contributed by atoms with Crippen LogP contribution in [0.1, 0.15) is 44.7 Å². The van der Waals surface area contributed by atoms with Gasteiger partial charge in [-0.15, -0.1) is 0 Å². The van der Waals surface area contributed by atoms with Gasteiger partial charge >= 0.3 is 5.97 Å². The van der Waals surface area contributed by atoms with Crippen LogP contribution >= 0.6 is 7.52 Å². The molecule has 5 atom stereocenters. The summed E-state index contributed by atoms with van der Waals surface area (Å²) in [4.78, 5) is 27.8. The minimum atomic E-state index is -3.50. The largest absolute Gasteiger partial charge is 0.479 e. The number of piperidine rings is 2. The number of ether oxygens (including phenoxy) is 2. The maximum absolute atomic E-state index is 14.3. The Morgan fingerprint density at radius 2 is 2.03 bits per heavy atom. The van der Waals surface area contributed by atoms with Crippen molar-refractivity contribution in [3.63, 3.8) is 0 Å². The number of imidazole rings is 1. The van der Waals surface area contributed by atoms with Crippen LogP contribution in [0.15, 0.2) is 36.7 Å². The van der Waals surface area contributed by atoms with Crippen molar-refractivity contribution in [1.29, 1.82) is 0 Å². The molecule has 13 heteroatoms. The molecule has 0 amide bonds. The van der Waals surface area contributed by atoms with Crippen molar-refractivity contribution >= 4 is 30.6 Å². The number of hydrogen-bond acceptors (Lipinski definition) is 10. The molecule has 1 aromatic carbocycles. The SMILES string of the molecule is CCOC(=O)[C@H](C)NP(=O)(CN1CC2CCC1C(n1cnc3c(OC)nc(N)nc31)C2)OCc1ccccc1. The van der Waals surface area contributed by atoms with Crippen molar-refractivity contribution in [3.8, 4) is 5.88 Å². The van der Waals surface area contributed by atoms with Gasteiger partial charge < -0.3 is 24.3 Å². The maximum atomic E-state index is 14.3. The van der Waals surface area contributed by atoms with E-state index in [-0.39, 0.29) is 37.5 Å². The number of fused-ring (bicyclic) bond motifs is 4. The summed E-state index contributed by atoms with van der Waals surface area (Å²) in [6.07, 6.45) is 4.89. The fourth-order valence-electron chi connectivity index (χ4n) is 5.75. The van der Waals surface area contributed by atoms with Crippen molar-refractivity contribution < 1.29 is 23.4 Å². The maximum Gasteiger partial charge on any atom is 0.323 e. The molecule has 4 unspecified atom stereocenters. The average molecular weight is 558 g/mol. The van der Waals surface area contributed by atoms with Crippen LogP contribution in [0.4, 0.5) is 5.95 Å². The summed E-state index contributed by atoms with van der Waals surface area (Å²) in [6, 6.07) is 8.92. The first-order valence-corrected chi connectivity index (χ1v) is 15.1. The molecule has 2 aliphatic heterocycles. The van der Waals surface area contributed by atoms with Gasteiger partial charge in [0.1, 0.15) is 6.04 Å². The van der Waals surface area contributed by atoms with Gasteiger partial charge in [0.05, 0.1) is 39.0 Å². The summed E-state index contributed by atoms with van der Waals surface area (Å²) >= 11 is 0. The molecule has 2 aromatic heterocycles. The molecular weight excluding hydrogens is 521 g/mol. The zero-order chi connectivity index (χ0) is 27.6. The van der Waals surface area contributed by atoms with Crippen LogP contribution in [-0.4, -0.2) is 69.0 Å². The summed E-state index contributed by atoms with van der Waals surface area (Å²) in [6.45, 7) is 4.59. The highest BCUT2D eigenvalue weighted by Crippen LogP contribution is 2.50. The number of aromatic nitrogens is 4. The molecule has 2 bridgehead atoms. The van der Waals surface area contributed by atoms with Gasteiger partial charge in [0.2, 0.25) is 11.8 Å². The van der Waals surface area contributed by atoms with Crippen molar-refractivity contribution in [2.75, 3.05) is 32.3 Å². The van der Waals surface area contributed by atoms with Crippen LogP contribution in [0.2, 0.25) is 0 Å². The number of benzene rings is 1. The second kappa shape index (κ2) is 11.6. The average Bonchev–Trinajstić information content (AvgIpc) is 3.36. The van der Waals surface area contributed by atoms with Gasteiger partial charge in [-0.2, -0.15) is 9.97 Å². The quantitative estimate of drug-likeness (QED) is 0.264. The van der Waals surface area contributed by atoms with Gasteiger partial charge in [0.25, 0.3) is 7.52 Å². The Bertz CT molecular complexity index is 1350. The van der Waals surface area contributed by atoms with Gasteiger partial charge in [-0.25, -0.2) is 10.1 Å². The van der Waals surface area contributed by atoms with E-state index in [0.29, 0.717) is 23.0 Å². The zero-order valence-electron chi connectivity index (χ0n) is 22.5. The number of anilines is 1. The summed E-state index contributed by atoms with van der Waals surface area (Å²) in [7, 11) is -1.97. The summed E-state index contributed by atoms with van der Waals surface area (Å²) in [5.41, 5.74) is 8.04. The third-order valence-corrected chi connectivity index (χ3v) is 9.55. The van der Waals surface area contributed by atoms with Crippen molar-refractivity contribution in [2.24, 2.45) is 5.92 Å². The van der Waals surface area contributed by atoms with E-state index < -0.39 is 19.5 Å². The fourth-order valence-corrected chi connectivity index (χ4v) is 7.85. The molecule has 0 radical (unpaired) electrons. The summed E-state index contributed by atoms with van der Waals surface area (Å²) in [5, 5.41) is 3.00. The first-order chi connectivity index (χ1) is 18.8. The van der Waals surface area contributed by atoms with Crippen LogP contribution in [0.5, 0.6) is 5.88 Å². The highest BCUT2D eigenvalue weighted by molar-refractivity contribution is 7.56. The van der Waals surface area contributed by atoms with Crippen LogP contribution in [0.3, 0.4) is 0 Å². The Labute approximate surface area is 227 Å². The normalized spacial score (nSPS) is 23.4. The number of rotatable bonds is 11. The number of nitrogens with two attached hydrogens (primary N) is 1. The number of esters is 1. The number of carbonyl (C=O) groups excluding carboxylic acids is 1. The van der Waals surface area contributed by atoms with Crippen LogP contribution in [-0.2, 0) is 25.2 Å². The first-order valence-electron chi connectivity index (χ1n) is 13.3. The van der Waals surface area contributed by atoms with Crippen LogP contribution in [0.25, 0.3) is 11.2 Å². The molecule has 6 rings (SSSR count). The number of hydrogen-bond donors (Lipinski definition) is 2. The van der Waals surface area contributed by atoms with Gasteiger partial charge in [0.15, 0.2) is 11.2 Å². The molecule has 12 nitrogen and oxygen atoms in total. The summed E-state index contributed by atoms with van der Waals surface area (Å²) in [5.74, 6) is 0.402. The van der Waals surface area contributed by atoms with E-state index in [0.717, 1.165) is 31.4 Å². The summed E-state index contributed by atoms with van der Waals surface area (Å²) < 4.78 is 33.0. The lowest BCUT2D eigenvalue weighted by Gasteiger charge is -2.50. The molecule has 39 heavy (non-hydrogen) atoms. The lowest BCUT2D eigenvalue weighted by molar-refractivity contribution is -0.144. The van der Waals surface area contributed by atoms with Crippen molar-refractivity contribution in [1.82, 2.24) is 29.5 Å². The highest BCUT2D eigenvalue weighted by atomic mass is 31.2. The molecule has 4 heterocycles. The number of carbonyl (C=O) groups is 1. The number of nitrogens with one attached hydrogen (secondary N) is 1. The Morgan fingerprint density at radius 1 is 1.23 bits per heavy atom. The Morgan fingerprint density at radius 3 is 2.74 bits per heavy atom. The van der Waals surface area contributed by atoms with Gasteiger partial charge in [-0.3, -0.25) is 14.3 Å². The predicted molar refractivity (Wildman–Crippen MR) is 146 cm³/mol. The molecule has 3 aliphatic rings. The van der Waals surface area contributed by atoms with Crippen molar-refractivity contribution in [3.05, 3.63) is 42.2 Å². The number of nitrogen functional groups attached to an aromatic ring is 1. The second-order valence-corrected chi connectivity index (χ2v) is 12.3. The standard InChI is InChI=1S/C26H36N7O5P/c1-4-37-25(34)17(2)31-39(35,38-14-18-8-6-5-7-9-18)16-32-13-19-10-11-20(32)21(12-19)33-15-28-22-23(33)29-26(27)30-24(22)36-3/h5-9,15,17,19-21H,4,10-14,16H2,1-3H3,(H,31,35)(H2,27,29,30)/t17-,19?,20?,21?,39?/m0/s1. The van der Waals surface area contributed by atoms with E-state index in [4.69, 9.17) is 19.7 Å². The molecule has 1 saturated carbocycles. The van der Waals surface area contributed by atoms with E-state index in [2.05, 4.69) is 24.9 Å². The van der Waals surface area contributed by atoms with E-state index in [1.54, 1.807) is 20.2 Å². The second-order valence-electron chi connectivity index (χ2n) is 10.2. The molecule has 1 aliphatic carbocycles. The predicted octanol–water partition coefficient (Wildman–Crippen LogP) is 3.35. The molecule has 2 saturated heterocycles. The third kappa shape index (κ3) is 5.94. The Hall–Kier alpha value is -3.05. The highest BCUT2D eigenvalue weighted by Gasteiger charge is 2.45. The lowest BCUT2D eigenvalue weighted by Crippen LogP contribution is -2.54.